The molecular formula is C12H9Br2FN2O2S. The van der Waals surface area contributed by atoms with Gasteiger partial charge in [0.15, 0.2) is 0 Å². The van der Waals surface area contributed by atoms with E-state index in [1.54, 1.807) is 24.3 Å². The fraction of sp³-hybridized carbons (Fsp3) is 0. The van der Waals surface area contributed by atoms with Crippen molar-refractivity contribution >= 4 is 53.3 Å². The normalized spacial score (nSPS) is 11.3. The van der Waals surface area contributed by atoms with Crippen LogP contribution in [-0.4, -0.2) is 8.42 Å². The Kier molecular flexibility index (Phi) is 4.36. The van der Waals surface area contributed by atoms with Gasteiger partial charge in [0.2, 0.25) is 0 Å². The van der Waals surface area contributed by atoms with E-state index in [4.69, 9.17) is 5.73 Å². The van der Waals surface area contributed by atoms with Crippen molar-refractivity contribution in [1.29, 1.82) is 0 Å². The molecule has 0 heterocycles. The molecule has 2 aromatic carbocycles. The number of nitrogen functional groups attached to an aromatic ring is 1. The second-order valence-electron chi connectivity index (χ2n) is 3.92. The van der Waals surface area contributed by atoms with Gasteiger partial charge in [-0.2, -0.15) is 0 Å². The molecule has 0 saturated heterocycles. The SMILES string of the molecule is Nc1cc(F)c(Br)cc1S(=O)(=O)Nc1cccc(Br)c1. The number of hydrogen-bond acceptors (Lipinski definition) is 3. The lowest BCUT2D eigenvalue weighted by Crippen LogP contribution is -2.15. The van der Waals surface area contributed by atoms with E-state index in [0.29, 0.717) is 5.69 Å². The van der Waals surface area contributed by atoms with Crippen LogP contribution in [0.3, 0.4) is 0 Å². The first-order valence-electron chi connectivity index (χ1n) is 5.32. The Hall–Kier alpha value is -1.12. The van der Waals surface area contributed by atoms with E-state index in [2.05, 4.69) is 36.6 Å². The predicted molar refractivity (Wildman–Crippen MR) is 83.5 cm³/mol. The topological polar surface area (TPSA) is 72.2 Å². The molecule has 2 rings (SSSR count). The molecule has 0 radical (unpaired) electrons. The Morgan fingerprint density at radius 1 is 1.15 bits per heavy atom. The van der Waals surface area contributed by atoms with Gasteiger partial charge in [0, 0.05) is 10.2 Å². The van der Waals surface area contributed by atoms with Crippen molar-refractivity contribution in [3.05, 3.63) is 51.2 Å². The predicted octanol–water partition coefficient (Wildman–Crippen LogP) is 3.73. The highest BCUT2D eigenvalue weighted by molar-refractivity contribution is 9.10. The third-order valence-electron chi connectivity index (χ3n) is 2.42. The van der Waals surface area contributed by atoms with Crippen molar-refractivity contribution in [2.75, 3.05) is 10.5 Å². The van der Waals surface area contributed by atoms with Gasteiger partial charge in [-0.3, -0.25) is 4.72 Å². The lowest BCUT2D eigenvalue weighted by molar-refractivity contribution is 0.599. The molecule has 0 saturated carbocycles. The zero-order chi connectivity index (χ0) is 14.9. The van der Waals surface area contributed by atoms with Crippen molar-refractivity contribution in [3.63, 3.8) is 0 Å². The van der Waals surface area contributed by atoms with Gasteiger partial charge in [-0.25, -0.2) is 12.8 Å². The summed E-state index contributed by atoms with van der Waals surface area (Å²) in [7, 11) is -3.89. The van der Waals surface area contributed by atoms with Crippen LogP contribution in [0.2, 0.25) is 0 Å². The van der Waals surface area contributed by atoms with Crippen molar-refractivity contribution in [2.45, 2.75) is 4.90 Å². The summed E-state index contributed by atoms with van der Waals surface area (Å²) in [6, 6.07) is 8.74. The number of benzene rings is 2. The number of nitrogens with two attached hydrogens (primary N) is 1. The standard InChI is InChI=1S/C12H9Br2FN2O2S/c13-7-2-1-3-8(4-7)17-20(18,19)12-5-9(14)10(15)6-11(12)16/h1-6,17H,16H2. The molecule has 3 N–H and O–H groups in total. The molecule has 0 fully saturated rings. The fourth-order valence-corrected chi connectivity index (χ4v) is 3.62. The van der Waals surface area contributed by atoms with Gasteiger partial charge in [0.25, 0.3) is 10.0 Å². The summed E-state index contributed by atoms with van der Waals surface area (Å²) < 4.78 is 40.9. The highest BCUT2D eigenvalue weighted by Gasteiger charge is 2.20. The minimum Gasteiger partial charge on any atom is -0.398 e. The fourth-order valence-electron chi connectivity index (χ4n) is 1.54. The first-order chi connectivity index (χ1) is 9.29. The molecule has 0 unspecified atom stereocenters. The third-order valence-corrected chi connectivity index (χ3v) is 4.96. The number of nitrogens with one attached hydrogen (secondary N) is 1. The number of rotatable bonds is 3. The molecule has 20 heavy (non-hydrogen) atoms. The van der Waals surface area contributed by atoms with E-state index in [1.165, 1.54) is 0 Å². The average Bonchev–Trinajstić information content (AvgIpc) is 2.33. The van der Waals surface area contributed by atoms with Crippen molar-refractivity contribution in [1.82, 2.24) is 0 Å². The molecule has 0 aliphatic rings. The summed E-state index contributed by atoms with van der Waals surface area (Å²) in [5.74, 6) is -0.621. The molecular weight excluding hydrogens is 415 g/mol. The second-order valence-corrected chi connectivity index (χ2v) is 7.34. The van der Waals surface area contributed by atoms with Crippen LogP contribution < -0.4 is 10.5 Å². The molecule has 4 nitrogen and oxygen atoms in total. The summed E-state index contributed by atoms with van der Waals surface area (Å²) in [4.78, 5) is -0.189. The van der Waals surface area contributed by atoms with Crippen LogP contribution in [0.4, 0.5) is 15.8 Å². The minimum absolute atomic E-state index is 0.0290. The molecule has 0 aliphatic carbocycles. The van der Waals surface area contributed by atoms with Crippen LogP contribution in [0.1, 0.15) is 0 Å². The molecule has 0 aliphatic heterocycles. The van der Waals surface area contributed by atoms with Crippen LogP contribution in [0.15, 0.2) is 50.2 Å². The Morgan fingerprint density at radius 3 is 2.50 bits per heavy atom. The summed E-state index contributed by atoms with van der Waals surface area (Å²) in [5.41, 5.74) is 5.79. The van der Waals surface area contributed by atoms with Gasteiger partial charge in [0.1, 0.15) is 10.7 Å². The van der Waals surface area contributed by atoms with Gasteiger partial charge in [-0.05, 0) is 46.3 Å². The van der Waals surface area contributed by atoms with Crippen molar-refractivity contribution in [2.24, 2.45) is 0 Å². The maximum absolute atomic E-state index is 13.3. The summed E-state index contributed by atoms with van der Waals surface area (Å²) in [6.07, 6.45) is 0. The van der Waals surface area contributed by atoms with Crippen LogP contribution in [-0.2, 0) is 10.0 Å². The highest BCUT2D eigenvalue weighted by Crippen LogP contribution is 2.28. The zero-order valence-electron chi connectivity index (χ0n) is 9.90. The summed E-state index contributed by atoms with van der Waals surface area (Å²) in [6.45, 7) is 0. The molecule has 2 aromatic rings. The first kappa shape index (κ1) is 15.3. The summed E-state index contributed by atoms with van der Waals surface area (Å²) >= 11 is 6.18. The van der Waals surface area contributed by atoms with Gasteiger partial charge >= 0.3 is 0 Å². The Labute approximate surface area is 132 Å². The Balaban J connectivity index is 2.43. The maximum Gasteiger partial charge on any atom is 0.263 e. The zero-order valence-corrected chi connectivity index (χ0v) is 13.9. The monoisotopic (exact) mass is 422 g/mol. The van der Waals surface area contributed by atoms with E-state index < -0.39 is 15.8 Å². The average molecular weight is 424 g/mol. The molecule has 0 amide bonds. The Bertz CT molecular complexity index is 766. The molecule has 0 aromatic heterocycles. The third kappa shape index (κ3) is 3.31. The van der Waals surface area contributed by atoms with Crippen LogP contribution in [0, 0.1) is 5.82 Å². The molecule has 8 heteroatoms. The lowest BCUT2D eigenvalue weighted by Gasteiger charge is -2.11. The van der Waals surface area contributed by atoms with Crippen LogP contribution in [0.5, 0.6) is 0 Å². The van der Waals surface area contributed by atoms with E-state index in [9.17, 15) is 12.8 Å². The van der Waals surface area contributed by atoms with E-state index in [1.807, 2.05) is 0 Å². The number of anilines is 2. The van der Waals surface area contributed by atoms with E-state index >= 15 is 0 Å². The maximum atomic E-state index is 13.3. The summed E-state index contributed by atoms with van der Waals surface area (Å²) in [5, 5.41) is 0. The minimum atomic E-state index is -3.89. The lowest BCUT2D eigenvalue weighted by atomic mass is 10.3. The van der Waals surface area contributed by atoms with E-state index in [-0.39, 0.29) is 15.1 Å². The van der Waals surface area contributed by atoms with Crippen LogP contribution in [0.25, 0.3) is 0 Å². The molecule has 0 bridgehead atoms. The van der Waals surface area contributed by atoms with Crippen molar-refractivity contribution in [3.8, 4) is 0 Å². The number of halogens is 3. The van der Waals surface area contributed by atoms with Gasteiger partial charge in [-0.1, -0.05) is 22.0 Å². The molecule has 0 spiro atoms. The van der Waals surface area contributed by atoms with Crippen molar-refractivity contribution < 1.29 is 12.8 Å². The second kappa shape index (κ2) is 5.71. The van der Waals surface area contributed by atoms with Gasteiger partial charge in [-0.15, -0.1) is 0 Å². The molecule has 0 atom stereocenters. The van der Waals surface area contributed by atoms with Crippen LogP contribution >= 0.6 is 31.9 Å². The first-order valence-corrected chi connectivity index (χ1v) is 8.39. The molecule has 106 valence electrons. The number of hydrogen-bond donors (Lipinski definition) is 2. The quantitative estimate of drug-likeness (QED) is 0.738. The smallest absolute Gasteiger partial charge is 0.263 e. The largest absolute Gasteiger partial charge is 0.398 e. The van der Waals surface area contributed by atoms with Gasteiger partial charge < -0.3 is 5.73 Å². The van der Waals surface area contributed by atoms with E-state index in [0.717, 1.165) is 16.6 Å². The Morgan fingerprint density at radius 2 is 1.85 bits per heavy atom. The number of sulfonamides is 1. The van der Waals surface area contributed by atoms with Gasteiger partial charge in [0.05, 0.1) is 10.2 Å². The highest BCUT2D eigenvalue weighted by atomic mass is 79.9.